The van der Waals surface area contributed by atoms with Crippen molar-refractivity contribution >= 4 is 26.8 Å². The highest BCUT2D eigenvalue weighted by Crippen LogP contribution is 2.27. The van der Waals surface area contributed by atoms with E-state index in [9.17, 15) is 9.18 Å². The molecule has 1 saturated heterocycles. The quantitative estimate of drug-likeness (QED) is 0.711. The van der Waals surface area contributed by atoms with Gasteiger partial charge in [-0.3, -0.25) is 14.3 Å². The maximum atomic E-state index is 14.1. The zero-order chi connectivity index (χ0) is 19.6. The summed E-state index contributed by atoms with van der Waals surface area (Å²) in [5, 5.41) is 0.458. The standard InChI is InChI=1S/C20H28BrFN4O/c1-4-7-18(25-9-6-8-24(3)10-11-25)19-23-17-13-16(22)15(21)12-14(17)20(27)26(19)5-2/h12-13,18H,4-11H2,1-3H3/t18-/m0/s1. The van der Waals surface area contributed by atoms with Gasteiger partial charge in [0.1, 0.15) is 11.6 Å². The average molecular weight is 439 g/mol. The molecule has 0 radical (unpaired) electrons. The van der Waals surface area contributed by atoms with Crippen LogP contribution in [0.3, 0.4) is 0 Å². The Balaban J connectivity index is 2.13. The van der Waals surface area contributed by atoms with Crippen molar-refractivity contribution in [2.45, 2.75) is 45.7 Å². The Kier molecular flexibility index (Phi) is 6.65. The predicted octanol–water partition coefficient (Wildman–Crippen LogP) is 3.80. The van der Waals surface area contributed by atoms with Gasteiger partial charge in [-0.15, -0.1) is 0 Å². The normalized spacial score (nSPS) is 18.0. The van der Waals surface area contributed by atoms with Crippen LogP contribution in [0.25, 0.3) is 10.9 Å². The van der Waals surface area contributed by atoms with E-state index < -0.39 is 5.82 Å². The highest BCUT2D eigenvalue weighted by Gasteiger charge is 2.26. The van der Waals surface area contributed by atoms with Crippen LogP contribution in [0, 0.1) is 5.82 Å². The van der Waals surface area contributed by atoms with Crippen LogP contribution in [0.1, 0.15) is 45.0 Å². The molecule has 3 rings (SSSR count). The largest absolute Gasteiger partial charge is 0.305 e. The van der Waals surface area contributed by atoms with Gasteiger partial charge in [0.25, 0.3) is 5.56 Å². The van der Waals surface area contributed by atoms with Gasteiger partial charge >= 0.3 is 0 Å². The lowest BCUT2D eigenvalue weighted by Gasteiger charge is -2.31. The molecule has 0 amide bonds. The third-order valence-electron chi connectivity index (χ3n) is 5.40. The van der Waals surface area contributed by atoms with E-state index in [1.165, 1.54) is 6.07 Å². The topological polar surface area (TPSA) is 41.4 Å². The van der Waals surface area contributed by atoms with Crippen LogP contribution in [-0.4, -0.2) is 52.6 Å². The number of aromatic nitrogens is 2. The fourth-order valence-corrected chi connectivity index (χ4v) is 4.26. The summed E-state index contributed by atoms with van der Waals surface area (Å²) in [6, 6.07) is 2.99. The van der Waals surface area contributed by atoms with Crippen molar-refractivity contribution in [2.75, 3.05) is 33.2 Å². The van der Waals surface area contributed by atoms with Crippen molar-refractivity contribution < 1.29 is 4.39 Å². The first kappa shape index (κ1) is 20.4. The minimum absolute atomic E-state index is 0.0743. The fraction of sp³-hybridized carbons (Fsp3) is 0.600. The van der Waals surface area contributed by atoms with Crippen molar-refractivity contribution in [1.29, 1.82) is 0 Å². The molecule has 1 atom stereocenters. The van der Waals surface area contributed by atoms with Crippen molar-refractivity contribution in [2.24, 2.45) is 0 Å². The molecular formula is C20H28BrFN4O. The van der Waals surface area contributed by atoms with Crippen LogP contribution in [0.15, 0.2) is 21.4 Å². The summed E-state index contributed by atoms with van der Waals surface area (Å²) in [5.74, 6) is 0.376. The molecule has 1 aliphatic rings. The number of fused-ring (bicyclic) bond motifs is 1. The number of likely N-dealkylation sites (N-methyl/N-ethyl adjacent to an activating group) is 1. The fourth-order valence-electron chi connectivity index (χ4n) is 3.92. The molecule has 0 unspecified atom stereocenters. The Morgan fingerprint density at radius 2 is 2.00 bits per heavy atom. The highest BCUT2D eigenvalue weighted by molar-refractivity contribution is 9.10. The van der Waals surface area contributed by atoms with Crippen molar-refractivity contribution in [3.8, 4) is 0 Å². The van der Waals surface area contributed by atoms with E-state index in [1.807, 2.05) is 6.92 Å². The van der Waals surface area contributed by atoms with Crippen molar-refractivity contribution in [3.63, 3.8) is 0 Å². The first-order valence-corrected chi connectivity index (χ1v) is 10.6. The SMILES string of the molecule is CCC[C@@H](c1nc2cc(F)c(Br)cc2c(=O)n1CC)N1CCCN(C)CC1. The molecule has 0 N–H and O–H groups in total. The second-order valence-corrected chi connectivity index (χ2v) is 8.15. The lowest BCUT2D eigenvalue weighted by atomic mass is 10.1. The van der Waals surface area contributed by atoms with Crippen LogP contribution in [0.2, 0.25) is 0 Å². The van der Waals surface area contributed by atoms with Gasteiger partial charge in [0.2, 0.25) is 0 Å². The maximum Gasteiger partial charge on any atom is 0.261 e. The number of benzene rings is 1. The number of halogens is 2. The van der Waals surface area contributed by atoms with E-state index >= 15 is 0 Å². The molecule has 7 heteroatoms. The molecule has 1 aromatic carbocycles. The second-order valence-electron chi connectivity index (χ2n) is 7.30. The predicted molar refractivity (Wildman–Crippen MR) is 111 cm³/mol. The molecule has 2 aromatic rings. The van der Waals surface area contributed by atoms with Crippen LogP contribution >= 0.6 is 15.9 Å². The van der Waals surface area contributed by atoms with Gasteiger partial charge < -0.3 is 4.90 Å². The van der Waals surface area contributed by atoms with Gasteiger partial charge in [0.15, 0.2) is 0 Å². The third kappa shape index (κ3) is 4.25. The minimum atomic E-state index is -0.391. The smallest absolute Gasteiger partial charge is 0.261 e. The molecule has 1 fully saturated rings. The Morgan fingerprint density at radius 3 is 2.70 bits per heavy atom. The number of hydrogen-bond acceptors (Lipinski definition) is 4. The maximum absolute atomic E-state index is 14.1. The van der Waals surface area contributed by atoms with E-state index in [4.69, 9.17) is 4.98 Å². The Hall–Kier alpha value is -1.31. The van der Waals surface area contributed by atoms with Gasteiger partial charge in [0.05, 0.1) is 21.4 Å². The second kappa shape index (κ2) is 8.80. The zero-order valence-corrected chi connectivity index (χ0v) is 17.9. The molecular weight excluding hydrogens is 411 g/mol. The third-order valence-corrected chi connectivity index (χ3v) is 6.00. The summed E-state index contributed by atoms with van der Waals surface area (Å²) in [4.78, 5) is 22.7. The van der Waals surface area contributed by atoms with Crippen molar-refractivity contribution in [1.82, 2.24) is 19.4 Å². The van der Waals surface area contributed by atoms with Gasteiger partial charge in [-0.05, 0) is 55.4 Å². The monoisotopic (exact) mass is 438 g/mol. The highest BCUT2D eigenvalue weighted by atomic mass is 79.9. The molecule has 0 saturated carbocycles. The van der Waals surface area contributed by atoms with E-state index in [-0.39, 0.29) is 11.6 Å². The molecule has 148 valence electrons. The Morgan fingerprint density at radius 1 is 1.22 bits per heavy atom. The van der Waals surface area contributed by atoms with Gasteiger partial charge in [0, 0.05) is 32.2 Å². The molecule has 2 heterocycles. The summed E-state index contributed by atoms with van der Waals surface area (Å²) >= 11 is 3.18. The molecule has 27 heavy (non-hydrogen) atoms. The van der Waals surface area contributed by atoms with E-state index in [0.29, 0.717) is 21.9 Å². The summed E-state index contributed by atoms with van der Waals surface area (Å²) in [6.07, 6.45) is 3.03. The van der Waals surface area contributed by atoms with Crippen LogP contribution < -0.4 is 5.56 Å². The molecule has 5 nitrogen and oxygen atoms in total. The van der Waals surface area contributed by atoms with E-state index in [0.717, 1.165) is 51.3 Å². The Bertz CT molecular complexity index is 869. The first-order valence-electron chi connectivity index (χ1n) is 9.78. The number of rotatable bonds is 5. The number of nitrogens with zero attached hydrogens (tertiary/aromatic N) is 4. The minimum Gasteiger partial charge on any atom is -0.305 e. The average Bonchev–Trinajstić information content (AvgIpc) is 2.86. The molecule has 1 aliphatic heterocycles. The van der Waals surface area contributed by atoms with Gasteiger partial charge in [-0.2, -0.15) is 0 Å². The van der Waals surface area contributed by atoms with Crippen LogP contribution in [-0.2, 0) is 6.54 Å². The summed E-state index contributed by atoms with van der Waals surface area (Å²) in [6.45, 7) is 8.71. The molecule has 0 spiro atoms. The van der Waals surface area contributed by atoms with Crippen LogP contribution in [0.4, 0.5) is 4.39 Å². The molecule has 0 bridgehead atoms. The van der Waals surface area contributed by atoms with Gasteiger partial charge in [-0.25, -0.2) is 9.37 Å². The van der Waals surface area contributed by atoms with E-state index in [2.05, 4.69) is 39.7 Å². The van der Waals surface area contributed by atoms with Crippen LogP contribution in [0.5, 0.6) is 0 Å². The summed E-state index contributed by atoms with van der Waals surface area (Å²) in [7, 11) is 2.15. The van der Waals surface area contributed by atoms with Gasteiger partial charge in [-0.1, -0.05) is 13.3 Å². The summed E-state index contributed by atoms with van der Waals surface area (Å²) in [5.41, 5.74) is 0.347. The molecule has 1 aromatic heterocycles. The number of hydrogen-bond donors (Lipinski definition) is 0. The summed E-state index contributed by atoms with van der Waals surface area (Å²) < 4.78 is 16.1. The Labute approximate surface area is 168 Å². The zero-order valence-electron chi connectivity index (χ0n) is 16.3. The molecule has 0 aliphatic carbocycles. The first-order chi connectivity index (χ1) is 13.0. The van der Waals surface area contributed by atoms with E-state index in [1.54, 1.807) is 10.6 Å². The van der Waals surface area contributed by atoms with Crippen molar-refractivity contribution in [3.05, 3.63) is 38.6 Å². The lowest BCUT2D eigenvalue weighted by molar-refractivity contribution is 0.180. The lowest BCUT2D eigenvalue weighted by Crippen LogP contribution is -2.37.